The highest BCUT2D eigenvalue weighted by atomic mass is 19.4. The molecule has 1 atom stereocenters. The van der Waals surface area contributed by atoms with E-state index in [1.807, 2.05) is 19.2 Å². The van der Waals surface area contributed by atoms with Gasteiger partial charge in [0, 0.05) is 52.0 Å². The summed E-state index contributed by atoms with van der Waals surface area (Å²) in [5.41, 5.74) is 0.793. The lowest BCUT2D eigenvalue weighted by molar-refractivity contribution is -0.274. The van der Waals surface area contributed by atoms with Gasteiger partial charge in [-0.3, -0.25) is 4.90 Å². The monoisotopic (exact) mass is 437 g/mol. The maximum atomic E-state index is 12.5. The van der Waals surface area contributed by atoms with E-state index >= 15 is 0 Å². The van der Waals surface area contributed by atoms with Crippen molar-refractivity contribution in [2.24, 2.45) is 0 Å². The van der Waals surface area contributed by atoms with Crippen molar-refractivity contribution in [1.29, 1.82) is 0 Å². The van der Waals surface area contributed by atoms with Crippen molar-refractivity contribution in [2.45, 2.75) is 25.4 Å². The van der Waals surface area contributed by atoms with E-state index in [9.17, 15) is 13.2 Å². The van der Waals surface area contributed by atoms with E-state index < -0.39 is 6.36 Å². The Morgan fingerprint density at radius 3 is 2.77 bits per heavy atom. The Labute approximate surface area is 179 Å². The molecule has 0 N–H and O–H groups in total. The van der Waals surface area contributed by atoms with Crippen molar-refractivity contribution in [3.63, 3.8) is 0 Å². The fourth-order valence-electron chi connectivity index (χ4n) is 4.01. The number of benzene rings is 1. The van der Waals surface area contributed by atoms with E-state index in [1.54, 1.807) is 12.3 Å². The molecule has 1 aromatic carbocycles. The zero-order valence-corrected chi connectivity index (χ0v) is 17.4. The summed E-state index contributed by atoms with van der Waals surface area (Å²) >= 11 is 0. The van der Waals surface area contributed by atoms with Gasteiger partial charge < -0.3 is 19.3 Å². The van der Waals surface area contributed by atoms with Gasteiger partial charge in [0.05, 0.1) is 13.2 Å². The van der Waals surface area contributed by atoms with Gasteiger partial charge in [-0.15, -0.1) is 13.2 Å². The van der Waals surface area contributed by atoms with Crippen LogP contribution in [-0.4, -0.2) is 73.7 Å². The summed E-state index contributed by atoms with van der Waals surface area (Å²) in [6.07, 6.45) is -1.95. The molecule has 4 rings (SSSR count). The number of morpholine rings is 1. The molecule has 2 aromatic rings. The molecule has 0 aliphatic carbocycles. The zero-order chi connectivity index (χ0) is 21.8. The fourth-order valence-corrected chi connectivity index (χ4v) is 4.01. The van der Waals surface area contributed by atoms with E-state index in [-0.39, 0.29) is 11.8 Å². The minimum atomic E-state index is -4.68. The normalized spacial score (nSPS) is 20.1. The van der Waals surface area contributed by atoms with Crippen molar-refractivity contribution in [3.8, 4) is 5.75 Å². The van der Waals surface area contributed by atoms with Gasteiger partial charge in [0.2, 0.25) is 5.95 Å². The predicted octanol–water partition coefficient (Wildman–Crippen LogP) is 2.92. The van der Waals surface area contributed by atoms with Crippen LogP contribution in [0.1, 0.15) is 12.0 Å². The second-order valence-electron chi connectivity index (χ2n) is 7.80. The van der Waals surface area contributed by atoms with Crippen molar-refractivity contribution < 1.29 is 22.6 Å². The Morgan fingerprint density at radius 1 is 1.19 bits per heavy atom. The van der Waals surface area contributed by atoms with Crippen LogP contribution >= 0.6 is 0 Å². The van der Waals surface area contributed by atoms with E-state index in [2.05, 4.69) is 24.4 Å². The quantitative estimate of drug-likeness (QED) is 0.689. The van der Waals surface area contributed by atoms with Crippen LogP contribution in [0.5, 0.6) is 5.75 Å². The van der Waals surface area contributed by atoms with Gasteiger partial charge in [0.15, 0.2) is 0 Å². The molecule has 1 aromatic heterocycles. The standard InChI is InChI=1S/C21H26F3N5O2/c1-27(19-5-7-25-20(26-19)29-9-11-30-12-10-29)17-6-8-28(15-17)14-16-3-2-4-18(13-16)31-21(22,23)24/h2-5,7,13,17H,6,8-12,14-15H2,1H3. The van der Waals surface area contributed by atoms with Crippen LogP contribution in [0.4, 0.5) is 24.9 Å². The first-order valence-corrected chi connectivity index (χ1v) is 10.3. The highest BCUT2D eigenvalue weighted by Gasteiger charge is 2.31. The molecule has 0 spiro atoms. The third kappa shape index (κ3) is 5.76. The molecule has 168 valence electrons. The number of aromatic nitrogens is 2. The first kappa shape index (κ1) is 21.6. The summed E-state index contributed by atoms with van der Waals surface area (Å²) in [7, 11) is 2.03. The van der Waals surface area contributed by atoms with Gasteiger partial charge in [0.25, 0.3) is 0 Å². The molecule has 7 nitrogen and oxygen atoms in total. The molecule has 3 heterocycles. The van der Waals surface area contributed by atoms with Crippen molar-refractivity contribution in [3.05, 3.63) is 42.1 Å². The predicted molar refractivity (Wildman–Crippen MR) is 110 cm³/mol. The number of rotatable bonds is 6. The van der Waals surface area contributed by atoms with Crippen LogP contribution in [0.25, 0.3) is 0 Å². The molecular formula is C21H26F3N5O2. The highest BCUT2D eigenvalue weighted by Crippen LogP contribution is 2.26. The maximum absolute atomic E-state index is 12.5. The molecule has 0 radical (unpaired) electrons. The van der Waals surface area contributed by atoms with Crippen LogP contribution in [0.2, 0.25) is 0 Å². The Bertz CT molecular complexity index is 876. The molecule has 2 fully saturated rings. The third-order valence-corrected chi connectivity index (χ3v) is 5.62. The lowest BCUT2D eigenvalue weighted by Crippen LogP contribution is -2.38. The molecule has 1 unspecified atom stereocenters. The number of alkyl halides is 3. The molecule has 2 aliphatic heterocycles. The Kier molecular flexibility index (Phi) is 6.47. The number of halogens is 3. The van der Waals surface area contributed by atoms with Crippen molar-refractivity contribution in [1.82, 2.24) is 14.9 Å². The molecular weight excluding hydrogens is 411 g/mol. The van der Waals surface area contributed by atoms with Gasteiger partial charge in [-0.2, -0.15) is 4.98 Å². The van der Waals surface area contributed by atoms with Crippen molar-refractivity contribution >= 4 is 11.8 Å². The van der Waals surface area contributed by atoms with Gasteiger partial charge in [-0.1, -0.05) is 12.1 Å². The maximum Gasteiger partial charge on any atom is 0.573 e. The van der Waals surface area contributed by atoms with Gasteiger partial charge >= 0.3 is 6.36 Å². The topological polar surface area (TPSA) is 54.0 Å². The minimum Gasteiger partial charge on any atom is -0.406 e. The summed E-state index contributed by atoms with van der Waals surface area (Å²) in [4.78, 5) is 15.7. The van der Waals surface area contributed by atoms with Crippen LogP contribution in [0.3, 0.4) is 0 Å². The number of likely N-dealkylation sites (N-methyl/N-ethyl adjacent to an activating group) is 1. The smallest absolute Gasteiger partial charge is 0.406 e. The van der Waals surface area contributed by atoms with Crippen molar-refractivity contribution in [2.75, 3.05) is 56.2 Å². The summed E-state index contributed by atoms with van der Waals surface area (Å²) < 4.78 is 46.8. The number of hydrogen-bond acceptors (Lipinski definition) is 7. The summed E-state index contributed by atoms with van der Waals surface area (Å²) in [6, 6.07) is 8.35. The van der Waals surface area contributed by atoms with Gasteiger partial charge in [-0.05, 0) is 30.2 Å². The van der Waals surface area contributed by atoms with Crippen LogP contribution < -0.4 is 14.5 Å². The van der Waals surface area contributed by atoms with Crippen LogP contribution in [-0.2, 0) is 11.3 Å². The largest absolute Gasteiger partial charge is 0.573 e. The lowest BCUT2D eigenvalue weighted by Gasteiger charge is -2.29. The van der Waals surface area contributed by atoms with Gasteiger partial charge in [-0.25, -0.2) is 4.98 Å². The van der Waals surface area contributed by atoms with E-state index in [0.717, 1.165) is 44.0 Å². The second-order valence-corrected chi connectivity index (χ2v) is 7.80. The molecule has 2 saturated heterocycles. The zero-order valence-electron chi connectivity index (χ0n) is 17.4. The molecule has 0 saturated carbocycles. The Hall–Kier alpha value is -2.59. The summed E-state index contributed by atoms with van der Waals surface area (Å²) in [5.74, 6) is 1.39. The van der Waals surface area contributed by atoms with Crippen LogP contribution in [0.15, 0.2) is 36.5 Å². The number of hydrogen-bond donors (Lipinski definition) is 0. The highest BCUT2D eigenvalue weighted by molar-refractivity contribution is 5.44. The average Bonchev–Trinajstić information content (AvgIpc) is 3.21. The second kappa shape index (κ2) is 9.27. The summed E-state index contributed by atoms with van der Waals surface area (Å²) in [5, 5.41) is 0. The third-order valence-electron chi connectivity index (χ3n) is 5.62. The fraction of sp³-hybridized carbons (Fsp3) is 0.524. The van der Waals surface area contributed by atoms with E-state index in [4.69, 9.17) is 9.72 Å². The van der Waals surface area contributed by atoms with E-state index in [1.165, 1.54) is 12.1 Å². The SMILES string of the molecule is CN(c1ccnc(N2CCOCC2)n1)C1CCN(Cc2cccc(OC(F)(F)F)c2)C1. The average molecular weight is 437 g/mol. The first-order valence-electron chi connectivity index (χ1n) is 10.3. The Balaban J connectivity index is 1.36. The Morgan fingerprint density at radius 2 is 2.00 bits per heavy atom. The molecule has 2 aliphatic rings. The number of anilines is 2. The number of ether oxygens (including phenoxy) is 2. The summed E-state index contributed by atoms with van der Waals surface area (Å²) in [6.45, 7) is 5.15. The molecule has 31 heavy (non-hydrogen) atoms. The lowest BCUT2D eigenvalue weighted by atomic mass is 10.2. The molecule has 0 bridgehead atoms. The first-order chi connectivity index (χ1) is 14.9. The number of nitrogens with zero attached hydrogens (tertiary/aromatic N) is 5. The van der Waals surface area contributed by atoms with E-state index in [0.29, 0.717) is 25.7 Å². The van der Waals surface area contributed by atoms with Gasteiger partial charge in [0.1, 0.15) is 11.6 Å². The minimum absolute atomic E-state index is 0.186. The molecule has 10 heteroatoms. The number of likely N-dealkylation sites (tertiary alicyclic amines) is 1. The van der Waals surface area contributed by atoms with Crippen LogP contribution in [0, 0.1) is 0 Å². The molecule has 0 amide bonds.